The summed E-state index contributed by atoms with van der Waals surface area (Å²) in [6.07, 6.45) is 1.13. The van der Waals surface area contributed by atoms with Crippen molar-refractivity contribution in [1.29, 1.82) is 0 Å². The van der Waals surface area contributed by atoms with Crippen LogP contribution in [-0.2, 0) is 10.0 Å². The van der Waals surface area contributed by atoms with E-state index in [2.05, 4.69) is 27.9 Å². The Bertz CT molecular complexity index is 771. The van der Waals surface area contributed by atoms with Crippen LogP contribution in [0.5, 0.6) is 0 Å². The smallest absolute Gasteiger partial charge is 0.255 e. The topological polar surface area (TPSA) is 66.5 Å². The number of benzene rings is 2. The van der Waals surface area contributed by atoms with Crippen molar-refractivity contribution in [3.8, 4) is 0 Å². The average Bonchev–Trinajstić information content (AvgIpc) is 2.48. The number of carbonyl (C=O) groups is 1. The van der Waals surface area contributed by atoms with Gasteiger partial charge >= 0.3 is 0 Å². The Hall–Kier alpha value is -1.61. The summed E-state index contributed by atoms with van der Waals surface area (Å²) in [7, 11) is -1.84. The highest BCUT2D eigenvalue weighted by molar-refractivity contribution is 14.1. The van der Waals surface area contributed by atoms with Gasteiger partial charge in [-0.15, -0.1) is 0 Å². The number of rotatable bonds is 4. The van der Waals surface area contributed by atoms with Crippen LogP contribution < -0.4 is 9.62 Å². The van der Waals surface area contributed by atoms with Crippen LogP contribution in [0.1, 0.15) is 10.4 Å². The van der Waals surface area contributed by atoms with Gasteiger partial charge < -0.3 is 5.32 Å². The molecule has 2 aromatic rings. The molecule has 0 aliphatic rings. The van der Waals surface area contributed by atoms with Gasteiger partial charge in [0, 0.05) is 21.9 Å². The predicted molar refractivity (Wildman–Crippen MR) is 96.8 cm³/mol. The molecule has 0 radical (unpaired) electrons. The Kier molecular flexibility index (Phi) is 5.07. The van der Waals surface area contributed by atoms with Crippen LogP contribution in [0.4, 0.5) is 11.4 Å². The number of sulfonamides is 1. The molecule has 2 aromatic carbocycles. The van der Waals surface area contributed by atoms with Crippen molar-refractivity contribution in [3.63, 3.8) is 0 Å². The van der Waals surface area contributed by atoms with Crippen LogP contribution in [0.2, 0.25) is 0 Å². The van der Waals surface area contributed by atoms with Crippen LogP contribution in [-0.4, -0.2) is 27.6 Å². The molecule has 1 N–H and O–H groups in total. The van der Waals surface area contributed by atoms with E-state index in [9.17, 15) is 13.2 Å². The van der Waals surface area contributed by atoms with E-state index in [1.54, 1.807) is 24.3 Å². The molecular formula is C15H15IN2O3S. The van der Waals surface area contributed by atoms with Crippen molar-refractivity contribution in [1.82, 2.24) is 0 Å². The molecule has 1 amide bonds. The summed E-state index contributed by atoms with van der Waals surface area (Å²) >= 11 is 2.19. The zero-order valence-corrected chi connectivity index (χ0v) is 15.1. The Labute approximate surface area is 143 Å². The fraction of sp³-hybridized carbons (Fsp3) is 0.133. The van der Waals surface area contributed by atoms with Gasteiger partial charge in [-0.25, -0.2) is 8.42 Å². The predicted octanol–water partition coefficient (Wildman–Crippen LogP) is 2.94. The molecule has 0 unspecified atom stereocenters. The Morgan fingerprint density at radius 2 is 1.59 bits per heavy atom. The second-order valence-corrected chi connectivity index (χ2v) is 8.00. The highest BCUT2D eigenvalue weighted by Gasteiger charge is 2.13. The van der Waals surface area contributed by atoms with Crippen molar-refractivity contribution in [2.24, 2.45) is 0 Å². The molecule has 0 fully saturated rings. The third kappa shape index (κ3) is 4.20. The standard InChI is InChI=1S/C15H15IN2O3S/c1-18(22(2,20)21)14-9-3-11(4-10-14)15(19)17-13-7-5-12(16)6-8-13/h3-10H,1-2H3,(H,17,19). The first-order chi connectivity index (χ1) is 10.3. The lowest BCUT2D eigenvalue weighted by atomic mass is 10.2. The minimum atomic E-state index is -3.31. The van der Waals surface area contributed by atoms with E-state index in [-0.39, 0.29) is 5.91 Å². The summed E-state index contributed by atoms with van der Waals surface area (Å²) in [6.45, 7) is 0. The minimum Gasteiger partial charge on any atom is -0.322 e. The Morgan fingerprint density at radius 3 is 2.09 bits per heavy atom. The maximum absolute atomic E-state index is 12.1. The van der Waals surface area contributed by atoms with E-state index in [0.717, 1.165) is 14.1 Å². The number of halogens is 1. The molecule has 0 saturated heterocycles. The lowest BCUT2D eigenvalue weighted by Crippen LogP contribution is -2.24. The molecule has 0 heterocycles. The van der Waals surface area contributed by atoms with Crippen LogP contribution in [0, 0.1) is 3.57 Å². The molecule has 0 aromatic heterocycles. The Morgan fingerprint density at radius 1 is 1.05 bits per heavy atom. The van der Waals surface area contributed by atoms with Crippen LogP contribution in [0.25, 0.3) is 0 Å². The van der Waals surface area contributed by atoms with E-state index in [1.807, 2.05) is 24.3 Å². The van der Waals surface area contributed by atoms with Crippen LogP contribution >= 0.6 is 22.6 Å². The van der Waals surface area contributed by atoms with Crippen molar-refractivity contribution in [2.75, 3.05) is 22.9 Å². The van der Waals surface area contributed by atoms with Gasteiger partial charge in [0.2, 0.25) is 10.0 Å². The van der Waals surface area contributed by atoms with Crippen molar-refractivity contribution in [2.45, 2.75) is 0 Å². The van der Waals surface area contributed by atoms with Crippen molar-refractivity contribution >= 4 is 49.9 Å². The normalized spacial score (nSPS) is 11.0. The minimum absolute atomic E-state index is 0.241. The first kappa shape index (κ1) is 16.8. The van der Waals surface area contributed by atoms with Crippen LogP contribution in [0.15, 0.2) is 48.5 Å². The first-order valence-electron chi connectivity index (χ1n) is 6.38. The number of hydrogen-bond donors (Lipinski definition) is 1. The van der Waals surface area contributed by atoms with Crippen molar-refractivity contribution in [3.05, 3.63) is 57.7 Å². The summed E-state index contributed by atoms with van der Waals surface area (Å²) < 4.78 is 25.2. The monoisotopic (exact) mass is 430 g/mol. The van der Waals surface area contributed by atoms with Gasteiger partial charge in [-0.2, -0.15) is 0 Å². The fourth-order valence-electron chi connectivity index (χ4n) is 1.75. The van der Waals surface area contributed by atoms with E-state index in [0.29, 0.717) is 16.9 Å². The second-order valence-electron chi connectivity index (χ2n) is 4.74. The summed E-state index contributed by atoms with van der Waals surface area (Å²) in [5.41, 5.74) is 1.68. The molecule has 0 bridgehead atoms. The third-order valence-electron chi connectivity index (χ3n) is 3.09. The van der Waals surface area contributed by atoms with Crippen LogP contribution in [0.3, 0.4) is 0 Å². The molecule has 7 heteroatoms. The maximum Gasteiger partial charge on any atom is 0.255 e. The molecular weight excluding hydrogens is 415 g/mol. The average molecular weight is 430 g/mol. The van der Waals surface area contributed by atoms with Gasteiger partial charge in [0.1, 0.15) is 0 Å². The van der Waals surface area contributed by atoms with Gasteiger partial charge in [-0.1, -0.05) is 0 Å². The summed E-state index contributed by atoms with van der Waals surface area (Å²) in [4.78, 5) is 12.1. The van der Waals surface area contributed by atoms with Gasteiger partial charge in [-0.3, -0.25) is 9.10 Å². The summed E-state index contributed by atoms with van der Waals surface area (Å²) in [5.74, 6) is -0.241. The fourth-order valence-corrected chi connectivity index (χ4v) is 2.61. The van der Waals surface area contributed by atoms with E-state index in [4.69, 9.17) is 0 Å². The van der Waals surface area contributed by atoms with Gasteiger partial charge in [0.05, 0.1) is 11.9 Å². The SMILES string of the molecule is CN(c1ccc(C(=O)Nc2ccc(I)cc2)cc1)S(C)(=O)=O. The zero-order valence-electron chi connectivity index (χ0n) is 12.1. The highest BCUT2D eigenvalue weighted by Crippen LogP contribution is 2.17. The number of amides is 1. The zero-order chi connectivity index (χ0) is 16.3. The molecule has 2 rings (SSSR count). The maximum atomic E-state index is 12.1. The third-order valence-corrected chi connectivity index (χ3v) is 5.02. The number of nitrogens with zero attached hydrogens (tertiary/aromatic N) is 1. The Balaban J connectivity index is 2.13. The molecule has 0 aliphatic carbocycles. The van der Waals surface area contributed by atoms with E-state index >= 15 is 0 Å². The number of hydrogen-bond acceptors (Lipinski definition) is 3. The largest absolute Gasteiger partial charge is 0.322 e. The molecule has 0 atom stereocenters. The van der Waals surface area contributed by atoms with E-state index in [1.165, 1.54) is 7.05 Å². The molecule has 0 spiro atoms. The lowest BCUT2D eigenvalue weighted by Gasteiger charge is -2.16. The molecule has 0 saturated carbocycles. The lowest BCUT2D eigenvalue weighted by molar-refractivity contribution is 0.102. The molecule has 116 valence electrons. The molecule has 5 nitrogen and oxygen atoms in total. The van der Waals surface area contributed by atoms with Gasteiger partial charge in [0.15, 0.2) is 0 Å². The molecule has 22 heavy (non-hydrogen) atoms. The van der Waals surface area contributed by atoms with Gasteiger partial charge in [0.25, 0.3) is 5.91 Å². The van der Waals surface area contributed by atoms with Gasteiger partial charge in [-0.05, 0) is 71.1 Å². The summed E-state index contributed by atoms with van der Waals surface area (Å²) in [5, 5.41) is 2.79. The number of carbonyl (C=O) groups excluding carboxylic acids is 1. The molecule has 0 aliphatic heterocycles. The summed E-state index contributed by atoms with van der Waals surface area (Å²) in [6, 6.07) is 13.9. The quantitative estimate of drug-likeness (QED) is 0.759. The van der Waals surface area contributed by atoms with Crippen molar-refractivity contribution < 1.29 is 13.2 Å². The first-order valence-corrected chi connectivity index (χ1v) is 9.31. The number of nitrogens with one attached hydrogen (secondary N) is 1. The van der Waals surface area contributed by atoms with E-state index < -0.39 is 10.0 Å². The highest BCUT2D eigenvalue weighted by atomic mass is 127. The second kappa shape index (κ2) is 6.66. The number of anilines is 2.